The number of rotatable bonds is 3. The number of carbonyl (C=O) groups excluding carboxylic acids is 1. The van der Waals surface area contributed by atoms with Crippen molar-refractivity contribution < 1.29 is 27.9 Å². The van der Waals surface area contributed by atoms with Crippen molar-refractivity contribution in [1.82, 2.24) is 10.6 Å². The molecule has 2 rings (SSSR count). The van der Waals surface area contributed by atoms with Crippen LogP contribution in [0.1, 0.15) is 32.1 Å². The van der Waals surface area contributed by atoms with E-state index < -0.39 is 35.9 Å². The molecular formula is C13H19F3N2O3. The summed E-state index contributed by atoms with van der Waals surface area (Å²) in [7, 11) is 0. The summed E-state index contributed by atoms with van der Waals surface area (Å²) in [4.78, 5) is 22.9. The van der Waals surface area contributed by atoms with E-state index in [-0.39, 0.29) is 19.0 Å². The van der Waals surface area contributed by atoms with Crippen LogP contribution in [0.4, 0.5) is 13.2 Å². The standard InChI is InChI=1S/C13H19F3N2O3/c14-13(15,16)12(5-6-17-7-12)11(21)18-9-3-1-8(2-4-9)10(19)20/h8-9,17H,1-7H2,(H,18,21)(H,19,20). The topological polar surface area (TPSA) is 78.4 Å². The minimum Gasteiger partial charge on any atom is -0.481 e. The lowest BCUT2D eigenvalue weighted by Gasteiger charge is -2.33. The first-order chi connectivity index (χ1) is 9.76. The van der Waals surface area contributed by atoms with E-state index in [4.69, 9.17) is 5.11 Å². The van der Waals surface area contributed by atoms with Gasteiger partial charge in [-0.2, -0.15) is 13.2 Å². The van der Waals surface area contributed by atoms with Gasteiger partial charge in [-0.25, -0.2) is 0 Å². The minimum absolute atomic E-state index is 0.165. The summed E-state index contributed by atoms with van der Waals surface area (Å²) < 4.78 is 39.6. The molecule has 5 nitrogen and oxygen atoms in total. The molecule has 8 heteroatoms. The highest BCUT2D eigenvalue weighted by atomic mass is 19.4. The number of hydrogen-bond donors (Lipinski definition) is 3. The van der Waals surface area contributed by atoms with Gasteiger partial charge in [0.05, 0.1) is 5.92 Å². The summed E-state index contributed by atoms with van der Waals surface area (Å²) >= 11 is 0. The summed E-state index contributed by atoms with van der Waals surface area (Å²) in [6.45, 7) is -0.231. The number of halogens is 3. The molecule has 1 saturated heterocycles. The smallest absolute Gasteiger partial charge is 0.404 e. The maximum absolute atomic E-state index is 13.2. The van der Waals surface area contributed by atoms with Gasteiger partial charge in [0.25, 0.3) is 0 Å². The highest BCUT2D eigenvalue weighted by Gasteiger charge is 2.61. The van der Waals surface area contributed by atoms with Gasteiger partial charge in [-0.15, -0.1) is 0 Å². The first kappa shape index (κ1) is 16.1. The molecule has 120 valence electrons. The van der Waals surface area contributed by atoms with Crippen molar-refractivity contribution in [2.75, 3.05) is 13.1 Å². The second kappa shape index (κ2) is 5.82. The third kappa shape index (κ3) is 3.14. The molecule has 3 N–H and O–H groups in total. The fourth-order valence-corrected chi connectivity index (χ4v) is 3.06. The molecule has 1 unspecified atom stereocenters. The molecular weight excluding hydrogens is 289 g/mol. The Balaban J connectivity index is 1.97. The highest BCUT2D eigenvalue weighted by Crippen LogP contribution is 2.43. The first-order valence-electron chi connectivity index (χ1n) is 7.07. The van der Waals surface area contributed by atoms with E-state index in [1.165, 1.54) is 0 Å². The van der Waals surface area contributed by atoms with Crippen LogP contribution < -0.4 is 10.6 Å². The zero-order valence-corrected chi connectivity index (χ0v) is 11.5. The largest absolute Gasteiger partial charge is 0.481 e. The van der Waals surface area contributed by atoms with Gasteiger partial charge in [0.1, 0.15) is 0 Å². The Morgan fingerprint density at radius 1 is 1.19 bits per heavy atom. The number of amides is 1. The molecule has 1 saturated carbocycles. The second-order valence-corrected chi connectivity index (χ2v) is 5.87. The third-order valence-corrected chi connectivity index (χ3v) is 4.54. The van der Waals surface area contributed by atoms with E-state index in [9.17, 15) is 22.8 Å². The normalized spacial score (nSPS) is 33.7. The van der Waals surface area contributed by atoms with Crippen molar-refractivity contribution in [2.45, 2.75) is 44.3 Å². The minimum atomic E-state index is -4.58. The van der Waals surface area contributed by atoms with Crippen LogP contribution in [0.25, 0.3) is 0 Å². The molecule has 0 aromatic carbocycles. The van der Waals surface area contributed by atoms with Crippen molar-refractivity contribution in [3.8, 4) is 0 Å². The molecule has 2 aliphatic rings. The molecule has 1 heterocycles. The monoisotopic (exact) mass is 308 g/mol. The van der Waals surface area contributed by atoms with Gasteiger partial charge in [-0.05, 0) is 38.6 Å². The summed E-state index contributed by atoms with van der Waals surface area (Å²) in [5, 5.41) is 14.0. The summed E-state index contributed by atoms with van der Waals surface area (Å²) in [6, 6.07) is -0.368. The van der Waals surface area contributed by atoms with E-state index in [0.29, 0.717) is 25.7 Å². The molecule has 0 aromatic rings. The van der Waals surface area contributed by atoms with Gasteiger partial charge in [0, 0.05) is 12.6 Å². The van der Waals surface area contributed by atoms with E-state index in [2.05, 4.69) is 10.6 Å². The number of hydrogen-bond acceptors (Lipinski definition) is 3. The molecule has 21 heavy (non-hydrogen) atoms. The van der Waals surface area contributed by atoms with Crippen LogP contribution in [0.15, 0.2) is 0 Å². The second-order valence-electron chi connectivity index (χ2n) is 5.87. The quantitative estimate of drug-likeness (QED) is 0.734. The summed E-state index contributed by atoms with van der Waals surface area (Å²) in [6.07, 6.45) is -3.26. The lowest BCUT2D eigenvalue weighted by molar-refractivity contribution is -0.216. The van der Waals surface area contributed by atoms with Gasteiger partial charge in [0.15, 0.2) is 5.41 Å². The predicted molar refractivity (Wildman–Crippen MR) is 67.5 cm³/mol. The molecule has 1 atom stereocenters. The number of carboxylic acids is 1. The number of alkyl halides is 3. The Morgan fingerprint density at radius 3 is 2.24 bits per heavy atom. The average molecular weight is 308 g/mol. The highest BCUT2D eigenvalue weighted by molar-refractivity contribution is 5.84. The van der Waals surface area contributed by atoms with Crippen molar-refractivity contribution in [3.63, 3.8) is 0 Å². The fraction of sp³-hybridized carbons (Fsp3) is 0.846. The Hall–Kier alpha value is -1.31. The van der Waals surface area contributed by atoms with Gasteiger partial charge in [0.2, 0.25) is 5.91 Å². The van der Waals surface area contributed by atoms with Gasteiger partial charge >= 0.3 is 12.1 Å². The Morgan fingerprint density at radius 2 is 1.81 bits per heavy atom. The summed E-state index contributed by atoms with van der Waals surface area (Å²) in [5.74, 6) is -2.33. The Labute approximate surface area is 120 Å². The van der Waals surface area contributed by atoms with E-state index >= 15 is 0 Å². The lowest BCUT2D eigenvalue weighted by Crippen LogP contribution is -2.54. The van der Waals surface area contributed by atoms with Crippen LogP contribution in [0.5, 0.6) is 0 Å². The van der Waals surface area contributed by atoms with Crippen molar-refractivity contribution >= 4 is 11.9 Å². The molecule has 0 radical (unpaired) electrons. The zero-order valence-electron chi connectivity index (χ0n) is 11.5. The third-order valence-electron chi connectivity index (χ3n) is 4.54. The SMILES string of the molecule is O=C(O)C1CCC(NC(=O)C2(C(F)(F)F)CCNC2)CC1. The van der Waals surface area contributed by atoms with Crippen LogP contribution in [-0.2, 0) is 9.59 Å². The van der Waals surface area contributed by atoms with Crippen molar-refractivity contribution in [1.29, 1.82) is 0 Å². The summed E-state index contributed by atoms with van der Waals surface area (Å²) in [5.41, 5.74) is -2.35. The van der Waals surface area contributed by atoms with Crippen LogP contribution in [0, 0.1) is 11.3 Å². The number of nitrogens with one attached hydrogen (secondary N) is 2. The molecule has 1 amide bonds. The molecule has 0 bridgehead atoms. The molecule has 2 fully saturated rings. The maximum Gasteiger partial charge on any atom is 0.404 e. The number of aliphatic carboxylic acids is 1. The molecule has 0 spiro atoms. The lowest BCUT2D eigenvalue weighted by atomic mass is 9.82. The van der Waals surface area contributed by atoms with Gasteiger partial charge in [-0.3, -0.25) is 9.59 Å². The Bertz CT molecular complexity index is 411. The van der Waals surface area contributed by atoms with E-state index in [0.717, 1.165) is 0 Å². The van der Waals surface area contributed by atoms with Crippen molar-refractivity contribution in [2.24, 2.45) is 11.3 Å². The van der Waals surface area contributed by atoms with Crippen LogP contribution in [0.2, 0.25) is 0 Å². The van der Waals surface area contributed by atoms with Crippen LogP contribution >= 0.6 is 0 Å². The number of carboxylic acid groups (broad SMARTS) is 1. The van der Waals surface area contributed by atoms with E-state index in [1.54, 1.807) is 0 Å². The van der Waals surface area contributed by atoms with E-state index in [1.807, 2.05) is 0 Å². The van der Waals surface area contributed by atoms with Crippen LogP contribution in [-0.4, -0.2) is 42.3 Å². The maximum atomic E-state index is 13.2. The fourth-order valence-electron chi connectivity index (χ4n) is 3.06. The zero-order chi connectivity index (χ0) is 15.7. The van der Waals surface area contributed by atoms with Crippen molar-refractivity contribution in [3.05, 3.63) is 0 Å². The molecule has 1 aliphatic carbocycles. The number of carbonyl (C=O) groups is 2. The molecule has 0 aromatic heterocycles. The van der Waals surface area contributed by atoms with Gasteiger partial charge in [-0.1, -0.05) is 0 Å². The van der Waals surface area contributed by atoms with Crippen LogP contribution in [0.3, 0.4) is 0 Å². The molecule has 1 aliphatic heterocycles. The Kier molecular flexibility index (Phi) is 4.46. The van der Waals surface area contributed by atoms with Gasteiger partial charge < -0.3 is 15.7 Å². The first-order valence-corrected chi connectivity index (χ1v) is 7.07. The average Bonchev–Trinajstić information content (AvgIpc) is 2.89. The predicted octanol–water partition coefficient (Wildman–Crippen LogP) is 1.29.